The Morgan fingerprint density at radius 1 is 1.32 bits per heavy atom. The second-order valence-electron chi connectivity index (χ2n) is 5.24. The molecule has 22 heavy (non-hydrogen) atoms. The van der Waals surface area contributed by atoms with Crippen molar-refractivity contribution in [3.8, 4) is 0 Å². The second-order valence-corrected chi connectivity index (χ2v) is 5.24. The van der Waals surface area contributed by atoms with E-state index in [0.717, 1.165) is 44.0 Å². The summed E-state index contributed by atoms with van der Waals surface area (Å²) in [6.45, 7) is 4.47. The molecule has 1 aliphatic rings. The Hall–Kier alpha value is -2.21. The summed E-state index contributed by atoms with van der Waals surface area (Å²) in [6.07, 6.45) is 4.16. The van der Waals surface area contributed by atoms with E-state index in [9.17, 15) is 0 Å². The van der Waals surface area contributed by atoms with Crippen LogP contribution in [0.15, 0.2) is 36.5 Å². The molecule has 1 aromatic carbocycles. The average molecular weight is 299 g/mol. The first-order valence-electron chi connectivity index (χ1n) is 7.74. The van der Waals surface area contributed by atoms with Crippen molar-refractivity contribution >= 4 is 17.5 Å². The van der Waals surface area contributed by atoms with Gasteiger partial charge in [-0.05, 0) is 31.9 Å². The van der Waals surface area contributed by atoms with Gasteiger partial charge in [0.1, 0.15) is 0 Å². The van der Waals surface area contributed by atoms with Crippen LogP contribution in [0.3, 0.4) is 0 Å². The van der Waals surface area contributed by atoms with Crippen LogP contribution in [0.25, 0.3) is 0 Å². The summed E-state index contributed by atoms with van der Waals surface area (Å²) in [5.41, 5.74) is 1.06. The molecule has 1 fully saturated rings. The Bertz CT molecular complexity index is 586. The molecule has 1 aliphatic heterocycles. The van der Waals surface area contributed by atoms with Gasteiger partial charge in [-0.3, -0.25) is 0 Å². The summed E-state index contributed by atoms with van der Waals surface area (Å²) in [5, 5.41) is 11.5. The van der Waals surface area contributed by atoms with Gasteiger partial charge in [-0.2, -0.15) is 10.1 Å². The van der Waals surface area contributed by atoms with E-state index >= 15 is 0 Å². The fourth-order valence-electron chi connectivity index (χ4n) is 2.56. The number of aromatic nitrogens is 3. The van der Waals surface area contributed by atoms with Gasteiger partial charge in [-0.15, -0.1) is 5.10 Å². The van der Waals surface area contributed by atoms with Gasteiger partial charge in [0.25, 0.3) is 5.95 Å². The normalized spacial score (nSPS) is 17.4. The standard InChI is InChI=1S/C16H21N5O/c1-2-21(13-7-4-3-5-8-13)16-19-15(12-18-20-16)17-11-14-9-6-10-22-14/h3-5,7-8,12,14H,2,6,9-11H2,1H3,(H,17,19,20). The third kappa shape index (κ3) is 3.51. The zero-order valence-corrected chi connectivity index (χ0v) is 12.8. The number of nitrogens with one attached hydrogen (secondary N) is 1. The van der Waals surface area contributed by atoms with Gasteiger partial charge < -0.3 is 15.0 Å². The average Bonchev–Trinajstić information content (AvgIpc) is 3.09. The molecule has 0 radical (unpaired) electrons. The maximum Gasteiger partial charge on any atom is 0.251 e. The van der Waals surface area contributed by atoms with E-state index in [2.05, 4.69) is 27.4 Å². The van der Waals surface area contributed by atoms with E-state index in [1.807, 2.05) is 35.2 Å². The molecule has 116 valence electrons. The minimum absolute atomic E-state index is 0.273. The Morgan fingerprint density at radius 2 is 2.18 bits per heavy atom. The largest absolute Gasteiger partial charge is 0.376 e. The number of hydrogen-bond acceptors (Lipinski definition) is 6. The number of benzene rings is 1. The van der Waals surface area contributed by atoms with E-state index < -0.39 is 0 Å². The third-order valence-electron chi connectivity index (χ3n) is 3.71. The molecule has 6 heteroatoms. The minimum atomic E-state index is 0.273. The lowest BCUT2D eigenvalue weighted by Crippen LogP contribution is -2.22. The molecular formula is C16H21N5O. The lowest BCUT2D eigenvalue weighted by atomic mass is 10.2. The van der Waals surface area contributed by atoms with Gasteiger partial charge in [0.15, 0.2) is 5.82 Å². The molecule has 2 heterocycles. The molecule has 1 N–H and O–H groups in total. The maximum atomic E-state index is 5.61. The minimum Gasteiger partial charge on any atom is -0.376 e. The van der Waals surface area contributed by atoms with Gasteiger partial charge in [0.05, 0.1) is 12.3 Å². The fraction of sp³-hybridized carbons (Fsp3) is 0.438. The second kappa shape index (κ2) is 7.17. The van der Waals surface area contributed by atoms with Crippen LogP contribution in [0.2, 0.25) is 0 Å². The predicted octanol–water partition coefficient (Wildman–Crippen LogP) is 2.62. The van der Waals surface area contributed by atoms with Crippen molar-refractivity contribution in [2.45, 2.75) is 25.9 Å². The van der Waals surface area contributed by atoms with Crippen molar-refractivity contribution in [3.63, 3.8) is 0 Å². The van der Waals surface area contributed by atoms with Crippen LogP contribution in [-0.4, -0.2) is 41.0 Å². The molecule has 1 atom stereocenters. The number of para-hydroxylation sites is 1. The van der Waals surface area contributed by atoms with Crippen LogP contribution in [0.5, 0.6) is 0 Å². The van der Waals surface area contributed by atoms with Crippen molar-refractivity contribution in [1.82, 2.24) is 15.2 Å². The lowest BCUT2D eigenvalue weighted by Gasteiger charge is -2.20. The first kappa shape index (κ1) is 14.7. The summed E-state index contributed by atoms with van der Waals surface area (Å²) in [7, 11) is 0. The molecule has 0 saturated carbocycles. The highest BCUT2D eigenvalue weighted by atomic mass is 16.5. The molecule has 3 rings (SSSR count). The van der Waals surface area contributed by atoms with Gasteiger partial charge in [-0.1, -0.05) is 18.2 Å². The first-order chi connectivity index (χ1) is 10.9. The highest BCUT2D eigenvalue weighted by Gasteiger charge is 2.16. The van der Waals surface area contributed by atoms with Crippen molar-refractivity contribution in [2.24, 2.45) is 0 Å². The molecular weight excluding hydrogens is 278 g/mol. The smallest absolute Gasteiger partial charge is 0.251 e. The molecule has 1 aromatic heterocycles. The number of anilines is 3. The molecule has 0 amide bonds. The molecule has 6 nitrogen and oxygen atoms in total. The van der Waals surface area contributed by atoms with Crippen LogP contribution in [0.1, 0.15) is 19.8 Å². The SMILES string of the molecule is CCN(c1ccccc1)c1nncc(NCC2CCCO2)n1. The number of rotatable bonds is 6. The number of hydrogen-bond donors (Lipinski definition) is 1. The molecule has 1 saturated heterocycles. The summed E-state index contributed by atoms with van der Waals surface area (Å²) >= 11 is 0. The van der Waals surface area contributed by atoms with Crippen molar-refractivity contribution in [2.75, 3.05) is 29.9 Å². The van der Waals surface area contributed by atoms with Gasteiger partial charge in [0.2, 0.25) is 0 Å². The molecule has 2 aromatic rings. The van der Waals surface area contributed by atoms with Crippen LogP contribution in [-0.2, 0) is 4.74 Å². The fourth-order valence-corrected chi connectivity index (χ4v) is 2.56. The Labute approximate surface area is 130 Å². The summed E-state index contributed by atoms with van der Waals surface area (Å²) in [5.74, 6) is 1.33. The predicted molar refractivity (Wildman–Crippen MR) is 86.4 cm³/mol. The summed E-state index contributed by atoms with van der Waals surface area (Å²) < 4.78 is 5.61. The molecule has 0 aliphatic carbocycles. The quantitative estimate of drug-likeness (QED) is 0.884. The molecule has 0 bridgehead atoms. The molecule has 0 spiro atoms. The highest BCUT2D eigenvalue weighted by Crippen LogP contribution is 2.21. The van der Waals surface area contributed by atoms with Crippen molar-refractivity contribution in [1.29, 1.82) is 0 Å². The van der Waals surface area contributed by atoms with E-state index in [4.69, 9.17) is 4.74 Å². The lowest BCUT2D eigenvalue weighted by molar-refractivity contribution is 0.120. The van der Waals surface area contributed by atoms with Crippen molar-refractivity contribution < 1.29 is 4.74 Å². The van der Waals surface area contributed by atoms with E-state index in [1.165, 1.54) is 0 Å². The van der Waals surface area contributed by atoms with Crippen LogP contribution < -0.4 is 10.2 Å². The van der Waals surface area contributed by atoms with E-state index in [0.29, 0.717) is 5.95 Å². The van der Waals surface area contributed by atoms with Gasteiger partial charge in [0, 0.05) is 25.4 Å². The number of nitrogens with zero attached hydrogens (tertiary/aromatic N) is 4. The third-order valence-corrected chi connectivity index (χ3v) is 3.71. The topological polar surface area (TPSA) is 63.2 Å². The van der Waals surface area contributed by atoms with Crippen LogP contribution in [0, 0.1) is 0 Å². The first-order valence-corrected chi connectivity index (χ1v) is 7.74. The Kier molecular flexibility index (Phi) is 4.80. The summed E-state index contributed by atoms with van der Waals surface area (Å²) in [6, 6.07) is 10.1. The van der Waals surface area contributed by atoms with E-state index in [1.54, 1.807) is 6.20 Å². The zero-order chi connectivity index (χ0) is 15.2. The van der Waals surface area contributed by atoms with Crippen LogP contribution >= 0.6 is 0 Å². The summed E-state index contributed by atoms with van der Waals surface area (Å²) in [4.78, 5) is 6.60. The van der Waals surface area contributed by atoms with Gasteiger partial charge in [-0.25, -0.2) is 0 Å². The highest BCUT2D eigenvalue weighted by molar-refractivity contribution is 5.57. The maximum absolute atomic E-state index is 5.61. The monoisotopic (exact) mass is 299 g/mol. The van der Waals surface area contributed by atoms with E-state index in [-0.39, 0.29) is 6.10 Å². The van der Waals surface area contributed by atoms with Crippen LogP contribution in [0.4, 0.5) is 17.5 Å². The Balaban J connectivity index is 1.71. The van der Waals surface area contributed by atoms with Gasteiger partial charge >= 0.3 is 0 Å². The number of ether oxygens (including phenoxy) is 1. The van der Waals surface area contributed by atoms with Crippen molar-refractivity contribution in [3.05, 3.63) is 36.5 Å². The zero-order valence-electron chi connectivity index (χ0n) is 12.8. The Morgan fingerprint density at radius 3 is 2.91 bits per heavy atom. The molecule has 1 unspecified atom stereocenters.